The Labute approximate surface area is 151 Å². The van der Waals surface area contributed by atoms with Crippen LogP contribution in [0.3, 0.4) is 0 Å². The van der Waals surface area contributed by atoms with Crippen molar-refractivity contribution in [2.45, 2.75) is 57.2 Å². The molecule has 5 nitrogen and oxygen atoms in total. The number of fused-ring (bicyclic) bond motifs is 3. The summed E-state index contributed by atoms with van der Waals surface area (Å²) in [6.45, 7) is 3.38. The molecule has 1 aromatic carbocycles. The van der Waals surface area contributed by atoms with E-state index in [4.69, 9.17) is 15.2 Å². The highest BCUT2D eigenvalue weighted by Crippen LogP contribution is 2.44. The number of aliphatic hydroxyl groups is 1. The van der Waals surface area contributed by atoms with Gasteiger partial charge in [-0.25, -0.2) is 0 Å². The molecule has 1 saturated heterocycles. The van der Waals surface area contributed by atoms with Crippen LogP contribution in [0.4, 0.5) is 0 Å². The fraction of sp³-hybridized carbons (Fsp3) is 0.700. The van der Waals surface area contributed by atoms with Crippen LogP contribution in [0.25, 0.3) is 0 Å². The minimum atomic E-state index is 0.159. The van der Waals surface area contributed by atoms with Crippen LogP contribution >= 0.6 is 0 Å². The molecule has 0 amide bonds. The van der Waals surface area contributed by atoms with E-state index in [1.54, 1.807) is 14.2 Å². The third-order valence-electron chi connectivity index (χ3n) is 6.01. The molecule has 140 valence electrons. The summed E-state index contributed by atoms with van der Waals surface area (Å²) in [5.74, 6) is 2.05. The summed E-state index contributed by atoms with van der Waals surface area (Å²) in [6, 6.07) is 4.81. The van der Waals surface area contributed by atoms with Crippen molar-refractivity contribution in [3.63, 3.8) is 0 Å². The van der Waals surface area contributed by atoms with Crippen LogP contribution < -0.4 is 15.2 Å². The molecule has 5 heteroatoms. The van der Waals surface area contributed by atoms with Crippen molar-refractivity contribution < 1.29 is 14.6 Å². The summed E-state index contributed by atoms with van der Waals surface area (Å²) in [5, 5.41) is 9.98. The summed E-state index contributed by atoms with van der Waals surface area (Å²) in [6.07, 6.45) is 5.39. The minimum Gasteiger partial charge on any atom is -0.493 e. The maximum atomic E-state index is 9.98. The lowest BCUT2D eigenvalue weighted by atomic mass is 9.77. The van der Waals surface area contributed by atoms with E-state index < -0.39 is 0 Å². The van der Waals surface area contributed by atoms with Gasteiger partial charge in [0.25, 0.3) is 0 Å². The molecule has 1 aromatic rings. The number of rotatable bonds is 6. The van der Waals surface area contributed by atoms with Gasteiger partial charge in [0.05, 0.1) is 20.8 Å². The van der Waals surface area contributed by atoms with Gasteiger partial charge in [0, 0.05) is 24.7 Å². The van der Waals surface area contributed by atoms with Gasteiger partial charge in [-0.3, -0.25) is 4.90 Å². The molecular weight excluding hydrogens is 316 g/mol. The summed E-state index contributed by atoms with van der Waals surface area (Å²) < 4.78 is 11.0. The average Bonchev–Trinajstić information content (AvgIpc) is 2.64. The lowest BCUT2D eigenvalue weighted by molar-refractivity contribution is 0.0116. The molecule has 3 rings (SSSR count). The number of nitrogens with two attached hydrogens (primary N) is 1. The van der Waals surface area contributed by atoms with E-state index >= 15 is 0 Å². The van der Waals surface area contributed by atoms with Gasteiger partial charge in [-0.2, -0.15) is 0 Å². The Morgan fingerprint density at radius 1 is 1.24 bits per heavy atom. The zero-order valence-electron chi connectivity index (χ0n) is 15.7. The summed E-state index contributed by atoms with van der Waals surface area (Å²) >= 11 is 0. The second-order valence-electron chi connectivity index (χ2n) is 7.46. The third-order valence-corrected chi connectivity index (χ3v) is 6.01. The Bertz CT molecular complexity index is 593. The first-order chi connectivity index (χ1) is 12.1. The Morgan fingerprint density at radius 2 is 1.96 bits per heavy atom. The van der Waals surface area contributed by atoms with Crippen molar-refractivity contribution in [2.24, 2.45) is 11.7 Å². The van der Waals surface area contributed by atoms with Crippen LogP contribution in [0.5, 0.6) is 11.5 Å². The van der Waals surface area contributed by atoms with Crippen LogP contribution in [0.1, 0.15) is 49.8 Å². The highest BCUT2D eigenvalue weighted by molar-refractivity contribution is 5.50. The number of nitrogens with zero attached hydrogens (tertiary/aromatic N) is 1. The predicted molar refractivity (Wildman–Crippen MR) is 99.2 cm³/mol. The Hall–Kier alpha value is -1.30. The lowest BCUT2D eigenvalue weighted by Gasteiger charge is -2.50. The molecule has 0 aliphatic carbocycles. The molecular formula is C20H32N2O3. The number of ether oxygens (including phenoxy) is 2. The maximum Gasteiger partial charge on any atom is 0.161 e. The molecule has 0 aromatic heterocycles. The normalized spacial score (nSPS) is 29.0. The number of hydrogen-bond donors (Lipinski definition) is 2. The molecule has 4 unspecified atom stereocenters. The van der Waals surface area contributed by atoms with Gasteiger partial charge in [-0.05, 0) is 48.4 Å². The molecule has 1 fully saturated rings. The smallest absolute Gasteiger partial charge is 0.161 e. The molecule has 0 radical (unpaired) electrons. The summed E-state index contributed by atoms with van der Waals surface area (Å²) in [4.78, 5) is 2.48. The molecule has 3 N–H and O–H groups in total. The highest BCUT2D eigenvalue weighted by Gasteiger charge is 2.41. The van der Waals surface area contributed by atoms with Crippen LogP contribution in [-0.4, -0.2) is 49.5 Å². The van der Waals surface area contributed by atoms with E-state index in [0.717, 1.165) is 30.9 Å². The monoisotopic (exact) mass is 348 g/mol. The topological polar surface area (TPSA) is 68.0 Å². The van der Waals surface area contributed by atoms with Crippen molar-refractivity contribution in [3.05, 3.63) is 23.3 Å². The van der Waals surface area contributed by atoms with Gasteiger partial charge in [0.15, 0.2) is 11.5 Å². The maximum absolute atomic E-state index is 9.98. The molecule has 2 aliphatic rings. The van der Waals surface area contributed by atoms with Gasteiger partial charge >= 0.3 is 0 Å². The van der Waals surface area contributed by atoms with Crippen LogP contribution in [-0.2, 0) is 6.42 Å². The zero-order valence-corrected chi connectivity index (χ0v) is 15.7. The van der Waals surface area contributed by atoms with E-state index in [1.165, 1.54) is 30.4 Å². The Kier molecular flexibility index (Phi) is 5.87. The molecule has 4 atom stereocenters. The first kappa shape index (κ1) is 18.5. The van der Waals surface area contributed by atoms with Crippen molar-refractivity contribution in [1.29, 1.82) is 0 Å². The van der Waals surface area contributed by atoms with E-state index in [1.807, 2.05) is 0 Å². The third kappa shape index (κ3) is 3.50. The van der Waals surface area contributed by atoms with E-state index in [9.17, 15) is 5.11 Å². The molecule has 2 heterocycles. The molecule has 0 bridgehead atoms. The van der Waals surface area contributed by atoms with Gasteiger partial charge < -0.3 is 20.3 Å². The number of hydrogen-bond acceptors (Lipinski definition) is 5. The van der Waals surface area contributed by atoms with Crippen molar-refractivity contribution in [3.8, 4) is 11.5 Å². The molecule has 0 saturated carbocycles. The number of unbranched alkanes of at least 4 members (excludes halogenated alkanes) is 1. The van der Waals surface area contributed by atoms with Gasteiger partial charge in [-0.15, -0.1) is 0 Å². The second kappa shape index (κ2) is 7.94. The van der Waals surface area contributed by atoms with Crippen molar-refractivity contribution in [2.75, 3.05) is 27.4 Å². The summed E-state index contributed by atoms with van der Waals surface area (Å²) in [5.41, 5.74) is 9.08. The van der Waals surface area contributed by atoms with Gasteiger partial charge in [-0.1, -0.05) is 19.8 Å². The fourth-order valence-electron chi connectivity index (χ4n) is 4.56. The van der Waals surface area contributed by atoms with Crippen molar-refractivity contribution in [1.82, 2.24) is 4.90 Å². The Morgan fingerprint density at radius 3 is 2.60 bits per heavy atom. The lowest BCUT2D eigenvalue weighted by Crippen LogP contribution is -2.55. The highest BCUT2D eigenvalue weighted by atomic mass is 16.5. The minimum absolute atomic E-state index is 0.159. The number of benzene rings is 1. The first-order valence-electron chi connectivity index (χ1n) is 9.49. The molecule has 2 aliphatic heterocycles. The summed E-state index contributed by atoms with van der Waals surface area (Å²) in [7, 11) is 3.34. The number of piperidine rings is 1. The zero-order chi connectivity index (χ0) is 18.0. The number of methoxy groups -OCH3 is 2. The first-order valence-corrected chi connectivity index (χ1v) is 9.49. The van der Waals surface area contributed by atoms with E-state index in [0.29, 0.717) is 5.92 Å². The van der Waals surface area contributed by atoms with Crippen LogP contribution in [0.15, 0.2) is 12.1 Å². The largest absolute Gasteiger partial charge is 0.493 e. The Balaban J connectivity index is 1.93. The second-order valence-corrected chi connectivity index (χ2v) is 7.46. The van der Waals surface area contributed by atoms with E-state index in [2.05, 4.69) is 24.0 Å². The van der Waals surface area contributed by atoms with Gasteiger partial charge in [0.2, 0.25) is 0 Å². The van der Waals surface area contributed by atoms with Crippen molar-refractivity contribution >= 4 is 0 Å². The van der Waals surface area contributed by atoms with E-state index in [-0.39, 0.29) is 24.7 Å². The predicted octanol–water partition coefficient (Wildman–Crippen LogP) is 2.50. The van der Waals surface area contributed by atoms with Crippen LogP contribution in [0, 0.1) is 5.92 Å². The molecule has 0 spiro atoms. The molecule has 25 heavy (non-hydrogen) atoms. The fourth-order valence-corrected chi connectivity index (χ4v) is 4.56. The quantitative estimate of drug-likeness (QED) is 0.827. The van der Waals surface area contributed by atoms with Gasteiger partial charge in [0.1, 0.15) is 0 Å². The van der Waals surface area contributed by atoms with Crippen LogP contribution in [0.2, 0.25) is 0 Å². The standard InChI is InChI=1S/C20H32N2O3/c1-4-5-6-13-11-22-15(12-23)7-14-8-19(24-2)20(25-3)9-16(14)18(22)10-17(13)21/h8-9,13,15,17-18,23H,4-7,10-12,21H2,1-3H3. The number of aliphatic hydroxyl groups excluding tert-OH is 1. The average molecular weight is 348 g/mol. The SMILES string of the molecule is CCCCC1CN2C(CO)Cc3cc(OC)c(OC)cc3C2CC1N.